The van der Waals surface area contributed by atoms with Crippen molar-refractivity contribution in [1.29, 1.82) is 0 Å². The van der Waals surface area contributed by atoms with E-state index in [0.717, 1.165) is 50.6 Å². The third-order valence-corrected chi connectivity index (χ3v) is 14.5. The van der Waals surface area contributed by atoms with Crippen molar-refractivity contribution in [2.75, 3.05) is 0 Å². The van der Waals surface area contributed by atoms with Crippen molar-refractivity contribution in [3.63, 3.8) is 0 Å². The van der Waals surface area contributed by atoms with Crippen molar-refractivity contribution in [2.24, 2.45) is 10.8 Å². The van der Waals surface area contributed by atoms with Gasteiger partial charge in [-0.2, -0.15) is 0 Å². The van der Waals surface area contributed by atoms with Crippen molar-refractivity contribution >= 4 is 17.1 Å². The zero-order valence-corrected chi connectivity index (χ0v) is 34.4. The fourth-order valence-corrected chi connectivity index (χ4v) is 12.7. The Morgan fingerprint density at radius 1 is 0.522 bits per heavy atom. The van der Waals surface area contributed by atoms with Gasteiger partial charge in [0.25, 0.3) is 0 Å². The zero-order valence-electron chi connectivity index (χ0n) is 32.4. The smallest absolute Gasteiger partial charge is 0.456 e. The average molecular weight is 671 g/mol. The number of hydrogen-bond acceptors (Lipinski definition) is 4. The highest BCUT2D eigenvalue weighted by Crippen LogP contribution is 2.43. The average Bonchev–Trinajstić information content (AvgIpc) is 2.80. The summed E-state index contributed by atoms with van der Waals surface area (Å²) in [5.74, 6) is 2.87. The SMILES string of the molecule is C=C(C)O[Si](C)(CCCC(C)(C)CC(C)(C)c1ccc(C(C)(C)CC(C)(C)CCC[Si](C)(OC(=C)C)OC(=C)C)cc1)OC(=C)C. The predicted molar refractivity (Wildman–Crippen MR) is 204 cm³/mol. The maximum atomic E-state index is 6.11. The Balaban J connectivity index is 2.89. The summed E-state index contributed by atoms with van der Waals surface area (Å²) in [6.45, 7) is 46.8. The van der Waals surface area contributed by atoms with E-state index in [4.69, 9.17) is 17.7 Å². The van der Waals surface area contributed by atoms with Crippen LogP contribution in [0.3, 0.4) is 0 Å². The van der Waals surface area contributed by atoms with E-state index < -0.39 is 17.1 Å². The van der Waals surface area contributed by atoms with E-state index >= 15 is 0 Å². The molecule has 4 nitrogen and oxygen atoms in total. The minimum atomic E-state index is -2.38. The molecule has 0 fully saturated rings. The number of allylic oxidation sites excluding steroid dienone is 4. The van der Waals surface area contributed by atoms with Crippen molar-refractivity contribution in [2.45, 2.75) is 158 Å². The topological polar surface area (TPSA) is 36.9 Å². The van der Waals surface area contributed by atoms with E-state index in [1.807, 2.05) is 27.7 Å². The van der Waals surface area contributed by atoms with Crippen LogP contribution in [0.25, 0.3) is 0 Å². The Bertz CT molecular complexity index is 1070. The van der Waals surface area contributed by atoms with Crippen LogP contribution in [-0.2, 0) is 28.5 Å². The molecule has 1 aromatic carbocycles. The molecule has 0 aromatic heterocycles. The van der Waals surface area contributed by atoms with E-state index in [2.05, 4.69) is 119 Å². The molecule has 0 atom stereocenters. The largest absolute Gasteiger partial charge is 0.517 e. The number of rotatable bonds is 22. The third-order valence-electron chi connectivity index (χ3n) is 8.82. The molecule has 0 unspecified atom stereocenters. The molecule has 1 aromatic rings. The van der Waals surface area contributed by atoms with Gasteiger partial charge in [0.15, 0.2) is 0 Å². The van der Waals surface area contributed by atoms with Crippen molar-refractivity contribution in [3.8, 4) is 0 Å². The maximum Gasteiger partial charge on any atom is 0.456 e. The van der Waals surface area contributed by atoms with E-state index in [1.54, 1.807) is 0 Å². The van der Waals surface area contributed by atoms with E-state index in [9.17, 15) is 0 Å². The normalized spacial score (nSPS) is 13.2. The van der Waals surface area contributed by atoms with Crippen molar-refractivity contribution in [1.82, 2.24) is 0 Å². The van der Waals surface area contributed by atoms with Crippen LogP contribution in [0.5, 0.6) is 0 Å². The fraction of sp³-hybridized carbons (Fsp3) is 0.650. The summed E-state index contributed by atoms with van der Waals surface area (Å²) in [5.41, 5.74) is 3.27. The van der Waals surface area contributed by atoms with Gasteiger partial charge in [0.2, 0.25) is 0 Å². The molecule has 6 heteroatoms. The molecule has 0 saturated carbocycles. The minimum Gasteiger partial charge on any atom is -0.517 e. The lowest BCUT2D eigenvalue weighted by Crippen LogP contribution is -2.37. The fourth-order valence-electron chi connectivity index (χ4n) is 7.64. The molecule has 0 aliphatic heterocycles. The van der Waals surface area contributed by atoms with Gasteiger partial charge < -0.3 is 17.7 Å². The summed E-state index contributed by atoms with van der Waals surface area (Å²) >= 11 is 0. The van der Waals surface area contributed by atoms with Gasteiger partial charge in [0.1, 0.15) is 0 Å². The van der Waals surface area contributed by atoms with Gasteiger partial charge in [-0.1, -0.05) is 106 Å². The molecule has 0 aliphatic rings. The summed E-state index contributed by atoms with van der Waals surface area (Å²) in [6, 6.07) is 11.3. The van der Waals surface area contributed by atoms with Crippen LogP contribution in [0.1, 0.15) is 133 Å². The van der Waals surface area contributed by atoms with E-state index in [1.165, 1.54) is 11.1 Å². The molecule has 0 aliphatic carbocycles. The molecule has 0 N–H and O–H groups in total. The summed E-state index contributed by atoms with van der Waals surface area (Å²) in [6.07, 6.45) is 6.53. The zero-order chi connectivity index (χ0) is 35.8. The second-order valence-electron chi connectivity index (χ2n) is 17.2. The first kappa shape index (κ1) is 41.8. The Morgan fingerprint density at radius 2 is 0.761 bits per heavy atom. The first-order valence-corrected chi connectivity index (χ1v) is 22.2. The first-order valence-electron chi connectivity index (χ1n) is 17.2. The first-order chi connectivity index (χ1) is 20.7. The summed E-state index contributed by atoms with van der Waals surface area (Å²) in [7, 11) is -4.77. The van der Waals surface area contributed by atoms with Gasteiger partial charge in [-0.15, -0.1) is 0 Å². The molecule has 0 amide bonds. The van der Waals surface area contributed by atoms with Crippen LogP contribution in [0.15, 0.2) is 73.6 Å². The number of hydrogen-bond donors (Lipinski definition) is 0. The van der Waals surface area contributed by atoms with Gasteiger partial charge in [0.05, 0.1) is 23.0 Å². The van der Waals surface area contributed by atoms with Crippen LogP contribution in [0, 0.1) is 10.8 Å². The van der Waals surface area contributed by atoms with Gasteiger partial charge in [-0.05, 0) is 99.0 Å². The molecule has 1 rings (SSSR count). The highest BCUT2D eigenvalue weighted by atomic mass is 28.4. The van der Waals surface area contributed by atoms with Gasteiger partial charge >= 0.3 is 17.1 Å². The third kappa shape index (κ3) is 15.1. The lowest BCUT2D eigenvalue weighted by Gasteiger charge is -2.38. The second kappa shape index (κ2) is 16.3. The number of benzene rings is 1. The standard InChI is InChI=1S/C40H70O4Si2/c1-31(2)41-45(17,42-32(3)4)27-19-25-37(9,10)29-39(13,14)35-21-23-36(24-22-35)40(15,16)30-38(11,12)26-20-28-46(18,43-33(5)6)44-34(7)8/h21-24H,1,3,5,7,19-20,25-30H2,2,4,6,8-18H3. The van der Waals surface area contributed by atoms with Crippen molar-refractivity contribution < 1.29 is 17.7 Å². The monoisotopic (exact) mass is 670 g/mol. The molecule has 262 valence electrons. The van der Waals surface area contributed by atoms with E-state index in [-0.39, 0.29) is 21.7 Å². The van der Waals surface area contributed by atoms with Crippen LogP contribution in [0.2, 0.25) is 25.2 Å². The van der Waals surface area contributed by atoms with Crippen LogP contribution < -0.4 is 0 Å². The Morgan fingerprint density at radius 3 is 0.978 bits per heavy atom. The minimum absolute atomic E-state index is 0.0584. The highest BCUT2D eigenvalue weighted by Gasteiger charge is 2.39. The van der Waals surface area contributed by atoms with Crippen LogP contribution in [0.4, 0.5) is 0 Å². The van der Waals surface area contributed by atoms with Crippen molar-refractivity contribution in [3.05, 3.63) is 84.7 Å². The summed E-state index contributed by atoms with van der Waals surface area (Å²) in [5, 5.41) is 0. The Hall–Kier alpha value is -2.19. The Kier molecular flexibility index (Phi) is 14.8. The second-order valence-corrected chi connectivity index (χ2v) is 23.6. The molecule has 0 bridgehead atoms. The molecular weight excluding hydrogens is 601 g/mol. The molecular formula is C40H70O4Si2. The Labute approximate surface area is 287 Å². The summed E-state index contributed by atoms with van der Waals surface area (Å²) in [4.78, 5) is 0. The van der Waals surface area contributed by atoms with E-state index in [0.29, 0.717) is 23.0 Å². The quantitative estimate of drug-likeness (QED) is 0.0909. The molecule has 0 radical (unpaired) electrons. The van der Waals surface area contributed by atoms with Gasteiger partial charge in [0, 0.05) is 25.2 Å². The van der Waals surface area contributed by atoms with Crippen LogP contribution >= 0.6 is 0 Å². The summed E-state index contributed by atoms with van der Waals surface area (Å²) < 4.78 is 24.4. The lowest BCUT2D eigenvalue weighted by atomic mass is 9.68. The molecule has 0 saturated heterocycles. The predicted octanol–water partition coefficient (Wildman–Crippen LogP) is 13.0. The molecule has 46 heavy (non-hydrogen) atoms. The highest BCUT2D eigenvalue weighted by molar-refractivity contribution is 6.67. The van der Waals surface area contributed by atoms with Gasteiger partial charge in [-0.25, -0.2) is 0 Å². The van der Waals surface area contributed by atoms with Gasteiger partial charge in [-0.3, -0.25) is 0 Å². The molecule has 0 heterocycles. The maximum absolute atomic E-state index is 6.11. The molecule has 0 spiro atoms. The van der Waals surface area contributed by atoms with Crippen LogP contribution in [-0.4, -0.2) is 17.1 Å². The lowest BCUT2D eigenvalue weighted by molar-refractivity contribution is 0.226.